The fourth-order valence-corrected chi connectivity index (χ4v) is 2.24. The van der Waals surface area contributed by atoms with E-state index in [0.29, 0.717) is 0 Å². The minimum Gasteiger partial charge on any atom is -0.397 e. The zero-order chi connectivity index (χ0) is 11.5. The number of rotatable bonds is 2. The molecule has 88 valence electrons. The monoisotopic (exact) mass is 332 g/mol. The highest BCUT2D eigenvalue weighted by Crippen LogP contribution is 2.21. The van der Waals surface area contributed by atoms with Gasteiger partial charge in [0.1, 0.15) is 0 Å². The van der Waals surface area contributed by atoms with Gasteiger partial charge in [-0.15, -0.1) is 0 Å². The summed E-state index contributed by atoms with van der Waals surface area (Å²) >= 11 is 2.27. The molecule has 1 aromatic rings. The molecule has 0 saturated carbocycles. The third-order valence-corrected chi connectivity index (χ3v) is 3.47. The number of nitrogens with one attached hydrogen (secondary N) is 1. The zero-order valence-electron chi connectivity index (χ0n) is 9.41. The Kier molecular flexibility index (Phi) is 3.88. The molecule has 5 heteroatoms. The minimum absolute atomic E-state index is 0.811. The summed E-state index contributed by atoms with van der Waals surface area (Å²) in [5.74, 6) is 0. The first-order valence-electron chi connectivity index (χ1n) is 5.40. The van der Waals surface area contributed by atoms with Crippen molar-refractivity contribution in [2.75, 3.05) is 44.4 Å². The molecule has 0 bridgehead atoms. The number of likely N-dealkylation sites (N-methyl/N-ethyl adjacent to an activating group) is 1. The van der Waals surface area contributed by atoms with Crippen LogP contribution in [-0.4, -0.2) is 43.1 Å². The molecule has 1 aliphatic rings. The van der Waals surface area contributed by atoms with E-state index >= 15 is 0 Å². The fourth-order valence-electron chi connectivity index (χ4n) is 1.72. The number of hydrogen-bond acceptors (Lipinski definition) is 4. The topological polar surface area (TPSA) is 44.5 Å². The Hall–Kier alpha value is -0.530. The van der Waals surface area contributed by atoms with Crippen molar-refractivity contribution in [3.05, 3.63) is 21.8 Å². The lowest BCUT2D eigenvalue weighted by atomic mass is 10.3. The molecule has 1 heterocycles. The molecule has 0 aliphatic carbocycles. The summed E-state index contributed by atoms with van der Waals surface area (Å²) in [6, 6.07) is 6.09. The largest absolute Gasteiger partial charge is 0.397 e. The summed E-state index contributed by atoms with van der Waals surface area (Å²) in [5.41, 5.74) is 11.2. The first-order chi connectivity index (χ1) is 7.65. The summed E-state index contributed by atoms with van der Waals surface area (Å²) in [7, 11) is 2.15. The minimum atomic E-state index is 0.811. The van der Waals surface area contributed by atoms with E-state index in [9.17, 15) is 0 Å². The number of nitrogen functional groups attached to an aromatic ring is 1. The SMILES string of the molecule is CN1CCN(Nc2ccc(I)cc2N)CC1. The van der Waals surface area contributed by atoms with Crippen LogP contribution in [0.15, 0.2) is 18.2 Å². The number of anilines is 2. The molecule has 3 N–H and O–H groups in total. The average molecular weight is 332 g/mol. The summed E-state index contributed by atoms with van der Waals surface area (Å²) in [6.45, 7) is 4.25. The van der Waals surface area contributed by atoms with Crippen LogP contribution < -0.4 is 11.2 Å². The lowest BCUT2D eigenvalue weighted by Crippen LogP contribution is -2.47. The molecule has 0 amide bonds. The highest BCUT2D eigenvalue weighted by atomic mass is 127. The highest BCUT2D eigenvalue weighted by molar-refractivity contribution is 14.1. The van der Waals surface area contributed by atoms with Crippen LogP contribution in [0.2, 0.25) is 0 Å². The first kappa shape index (κ1) is 11.9. The van der Waals surface area contributed by atoms with Gasteiger partial charge in [-0.2, -0.15) is 0 Å². The van der Waals surface area contributed by atoms with Gasteiger partial charge in [0, 0.05) is 29.7 Å². The van der Waals surface area contributed by atoms with E-state index in [1.807, 2.05) is 12.1 Å². The fraction of sp³-hybridized carbons (Fsp3) is 0.455. The van der Waals surface area contributed by atoms with Crippen molar-refractivity contribution < 1.29 is 0 Å². The summed E-state index contributed by atoms with van der Waals surface area (Å²) in [5, 5.41) is 2.22. The summed E-state index contributed by atoms with van der Waals surface area (Å²) < 4.78 is 1.17. The standard InChI is InChI=1S/C11H17IN4/c1-15-4-6-16(7-5-15)14-11-3-2-9(12)8-10(11)13/h2-3,8,14H,4-7,13H2,1H3. The van der Waals surface area contributed by atoms with Crippen LogP contribution in [0.5, 0.6) is 0 Å². The van der Waals surface area contributed by atoms with E-state index in [1.54, 1.807) is 0 Å². The number of nitrogens with zero attached hydrogens (tertiary/aromatic N) is 2. The molecule has 4 nitrogen and oxygen atoms in total. The van der Waals surface area contributed by atoms with Crippen molar-refractivity contribution in [1.29, 1.82) is 0 Å². The van der Waals surface area contributed by atoms with E-state index in [4.69, 9.17) is 5.73 Å². The third-order valence-electron chi connectivity index (χ3n) is 2.80. The quantitative estimate of drug-likeness (QED) is 0.636. The Bertz CT molecular complexity index is 361. The number of hydrazine groups is 1. The zero-order valence-corrected chi connectivity index (χ0v) is 11.6. The third kappa shape index (κ3) is 2.99. The van der Waals surface area contributed by atoms with Crippen molar-refractivity contribution >= 4 is 34.0 Å². The predicted molar refractivity (Wildman–Crippen MR) is 76.3 cm³/mol. The predicted octanol–water partition coefficient (Wildman–Crippen LogP) is 1.45. The molecule has 0 atom stereocenters. The molecular formula is C11H17IN4. The van der Waals surface area contributed by atoms with Gasteiger partial charge in [-0.1, -0.05) is 0 Å². The average Bonchev–Trinajstić information content (AvgIpc) is 2.25. The Morgan fingerprint density at radius 2 is 1.94 bits per heavy atom. The molecule has 0 unspecified atom stereocenters. The molecule has 1 fully saturated rings. The molecule has 0 radical (unpaired) electrons. The number of hydrogen-bond donors (Lipinski definition) is 2. The highest BCUT2D eigenvalue weighted by Gasteiger charge is 2.14. The van der Waals surface area contributed by atoms with Gasteiger partial charge in [-0.05, 0) is 47.8 Å². The van der Waals surface area contributed by atoms with Gasteiger partial charge in [0.05, 0.1) is 11.4 Å². The Balaban J connectivity index is 1.98. The van der Waals surface area contributed by atoms with Crippen LogP contribution in [0.1, 0.15) is 0 Å². The van der Waals surface area contributed by atoms with Gasteiger partial charge >= 0.3 is 0 Å². The van der Waals surface area contributed by atoms with Crippen molar-refractivity contribution in [2.24, 2.45) is 0 Å². The van der Waals surface area contributed by atoms with E-state index in [1.165, 1.54) is 3.57 Å². The van der Waals surface area contributed by atoms with E-state index in [2.05, 4.69) is 51.0 Å². The second kappa shape index (κ2) is 5.20. The van der Waals surface area contributed by atoms with Gasteiger partial charge in [0.15, 0.2) is 0 Å². The van der Waals surface area contributed by atoms with Crippen LogP contribution in [-0.2, 0) is 0 Å². The smallest absolute Gasteiger partial charge is 0.0720 e. The Morgan fingerprint density at radius 1 is 1.25 bits per heavy atom. The van der Waals surface area contributed by atoms with Crippen molar-refractivity contribution in [2.45, 2.75) is 0 Å². The van der Waals surface area contributed by atoms with Crippen molar-refractivity contribution in [1.82, 2.24) is 9.91 Å². The van der Waals surface area contributed by atoms with Crippen LogP contribution in [0, 0.1) is 3.57 Å². The number of nitrogens with two attached hydrogens (primary N) is 1. The second-order valence-corrected chi connectivity index (χ2v) is 5.38. The molecule has 16 heavy (non-hydrogen) atoms. The molecule has 1 saturated heterocycles. The van der Waals surface area contributed by atoms with E-state index in [0.717, 1.165) is 37.6 Å². The molecular weight excluding hydrogens is 315 g/mol. The molecule has 0 aromatic heterocycles. The van der Waals surface area contributed by atoms with Gasteiger partial charge < -0.3 is 16.1 Å². The summed E-state index contributed by atoms with van der Waals surface area (Å²) in [4.78, 5) is 2.33. The lowest BCUT2D eigenvalue weighted by Gasteiger charge is -2.33. The first-order valence-corrected chi connectivity index (χ1v) is 6.48. The maximum Gasteiger partial charge on any atom is 0.0720 e. The molecule has 0 spiro atoms. The van der Waals surface area contributed by atoms with Crippen molar-refractivity contribution in [3.63, 3.8) is 0 Å². The normalized spacial score (nSPS) is 18.6. The van der Waals surface area contributed by atoms with Gasteiger partial charge in [0.2, 0.25) is 0 Å². The van der Waals surface area contributed by atoms with Crippen LogP contribution in [0.25, 0.3) is 0 Å². The van der Waals surface area contributed by atoms with Gasteiger partial charge in [-0.25, -0.2) is 5.01 Å². The van der Waals surface area contributed by atoms with E-state index < -0.39 is 0 Å². The van der Waals surface area contributed by atoms with Crippen LogP contribution in [0.4, 0.5) is 11.4 Å². The van der Waals surface area contributed by atoms with Gasteiger partial charge in [-0.3, -0.25) is 0 Å². The summed E-state index contributed by atoms with van der Waals surface area (Å²) in [6.07, 6.45) is 0. The molecule has 1 aromatic carbocycles. The number of halogens is 1. The second-order valence-electron chi connectivity index (χ2n) is 4.13. The maximum absolute atomic E-state index is 5.96. The maximum atomic E-state index is 5.96. The lowest BCUT2D eigenvalue weighted by molar-refractivity contribution is 0.179. The molecule has 1 aliphatic heterocycles. The number of piperazine rings is 1. The number of benzene rings is 1. The van der Waals surface area contributed by atoms with Crippen LogP contribution in [0.3, 0.4) is 0 Å². The Morgan fingerprint density at radius 3 is 2.56 bits per heavy atom. The molecule has 2 rings (SSSR count). The van der Waals surface area contributed by atoms with Gasteiger partial charge in [0.25, 0.3) is 0 Å². The Labute approximate surface area is 110 Å². The van der Waals surface area contributed by atoms with Crippen molar-refractivity contribution in [3.8, 4) is 0 Å². The van der Waals surface area contributed by atoms with E-state index in [-0.39, 0.29) is 0 Å². The van der Waals surface area contributed by atoms with Crippen LogP contribution >= 0.6 is 22.6 Å².